The van der Waals surface area contributed by atoms with E-state index in [1.54, 1.807) is 11.3 Å². The Morgan fingerprint density at radius 2 is 1.84 bits per heavy atom. The van der Waals surface area contributed by atoms with Crippen LogP contribution >= 0.6 is 22.7 Å². The number of nitrogens with one attached hydrogen (secondary N) is 2. The van der Waals surface area contributed by atoms with Gasteiger partial charge in [-0.15, -0.1) is 29.1 Å². The van der Waals surface area contributed by atoms with Gasteiger partial charge in [-0.2, -0.15) is 0 Å². The average molecular weight is 551 g/mol. The van der Waals surface area contributed by atoms with Crippen LogP contribution < -0.4 is 10.6 Å². The predicted molar refractivity (Wildman–Crippen MR) is 153 cm³/mol. The molecule has 2 N–H and O–H groups in total. The topological polar surface area (TPSA) is 75.6 Å². The molecule has 0 aromatic carbocycles. The smallest absolute Gasteiger partial charge is 0.341 e. The summed E-state index contributed by atoms with van der Waals surface area (Å²) >= 11 is 3.26. The minimum absolute atomic E-state index is 0.323. The van der Waals surface area contributed by atoms with Gasteiger partial charge in [0.15, 0.2) is 0 Å². The number of anilines is 1. The Hall–Kier alpha value is -3.06. The van der Waals surface area contributed by atoms with Crippen molar-refractivity contribution < 1.29 is 14.3 Å². The number of terminal acetylenes is 1. The highest BCUT2D eigenvalue weighted by molar-refractivity contribution is 7.17. The maximum absolute atomic E-state index is 13.2. The molecule has 0 radical (unpaired) electrons. The maximum Gasteiger partial charge on any atom is 0.341 e. The lowest BCUT2D eigenvalue weighted by Gasteiger charge is -2.25. The molecule has 5 rings (SSSR count). The largest absolute Gasteiger partial charge is 0.456 e. The first-order valence-corrected chi connectivity index (χ1v) is 14.7. The average Bonchev–Trinajstić information content (AvgIpc) is 3.58. The van der Waals surface area contributed by atoms with Gasteiger partial charge < -0.3 is 14.6 Å². The first-order chi connectivity index (χ1) is 18.2. The van der Waals surface area contributed by atoms with Crippen LogP contribution in [0.2, 0.25) is 0 Å². The Morgan fingerprint density at radius 3 is 2.58 bits per heavy atom. The Labute approximate surface area is 232 Å². The zero-order chi connectivity index (χ0) is 26.9. The number of carbonyl (C=O) groups excluding carboxylic acids is 2. The van der Waals surface area contributed by atoms with Crippen molar-refractivity contribution in [2.45, 2.75) is 71.6 Å². The van der Waals surface area contributed by atoms with E-state index in [9.17, 15) is 9.59 Å². The van der Waals surface area contributed by atoms with Gasteiger partial charge in [-0.25, -0.2) is 9.59 Å². The van der Waals surface area contributed by atoms with Crippen molar-refractivity contribution in [2.75, 3.05) is 18.4 Å². The maximum atomic E-state index is 13.2. The van der Waals surface area contributed by atoms with Crippen LogP contribution in [0.5, 0.6) is 0 Å². The standard InChI is InChI=1S/C29H34N4O3S2/c1-5-13-32-16-12-19-21(26(38-23(19)18-32)33-14-8-9-15-33)17-30-28(35)31-25-24(27(34)36-29(2,3)4)20-10-6-7-11-22(20)37-25/h1,8-9,14-15H,6-7,10-13,16-18H2,2-4H3,(H2,30,31,35). The monoisotopic (exact) mass is 550 g/mol. The van der Waals surface area contributed by atoms with Gasteiger partial charge >= 0.3 is 12.0 Å². The number of amides is 2. The number of rotatable bonds is 6. The molecule has 3 aromatic rings. The molecule has 0 atom stereocenters. The van der Waals surface area contributed by atoms with E-state index >= 15 is 0 Å². The van der Waals surface area contributed by atoms with E-state index in [1.165, 1.54) is 26.7 Å². The molecule has 0 unspecified atom stereocenters. The quantitative estimate of drug-likeness (QED) is 0.303. The molecule has 9 heteroatoms. The summed E-state index contributed by atoms with van der Waals surface area (Å²) in [6, 6.07) is 3.69. The molecule has 4 heterocycles. The third-order valence-electron chi connectivity index (χ3n) is 6.81. The zero-order valence-electron chi connectivity index (χ0n) is 22.2. The lowest BCUT2D eigenvalue weighted by Crippen LogP contribution is -2.32. The number of nitrogens with zero attached hydrogens (tertiary/aromatic N) is 2. The highest BCUT2D eigenvalue weighted by Crippen LogP contribution is 2.39. The van der Waals surface area contributed by atoms with Gasteiger partial charge in [0.1, 0.15) is 15.6 Å². The van der Waals surface area contributed by atoms with Crippen LogP contribution in [0, 0.1) is 12.3 Å². The molecule has 1 aliphatic heterocycles. The molecule has 2 amide bonds. The summed E-state index contributed by atoms with van der Waals surface area (Å²) < 4.78 is 7.82. The first kappa shape index (κ1) is 26.5. The van der Waals surface area contributed by atoms with E-state index in [1.807, 2.05) is 45.3 Å². The number of ether oxygens (including phenoxy) is 1. The van der Waals surface area contributed by atoms with Gasteiger partial charge in [0.25, 0.3) is 0 Å². The number of hydrogen-bond acceptors (Lipinski definition) is 6. The molecular weight excluding hydrogens is 516 g/mol. The Kier molecular flexibility index (Phi) is 7.66. The Balaban J connectivity index is 1.36. The van der Waals surface area contributed by atoms with Crippen molar-refractivity contribution in [3.05, 3.63) is 56.5 Å². The highest BCUT2D eigenvalue weighted by atomic mass is 32.1. The van der Waals surface area contributed by atoms with Crippen molar-refractivity contribution in [3.8, 4) is 17.3 Å². The summed E-state index contributed by atoms with van der Waals surface area (Å²) in [5.41, 5.74) is 3.37. The van der Waals surface area contributed by atoms with Crippen molar-refractivity contribution in [2.24, 2.45) is 0 Å². The fraction of sp³-hybridized carbons (Fsp3) is 0.448. The van der Waals surface area contributed by atoms with E-state index in [2.05, 4.69) is 26.0 Å². The summed E-state index contributed by atoms with van der Waals surface area (Å²) in [4.78, 5) is 31.1. The molecule has 0 spiro atoms. The molecule has 1 aliphatic carbocycles. The van der Waals surface area contributed by atoms with Crippen molar-refractivity contribution in [1.82, 2.24) is 14.8 Å². The van der Waals surface area contributed by atoms with Gasteiger partial charge in [-0.3, -0.25) is 10.2 Å². The normalized spacial score (nSPS) is 15.3. The minimum atomic E-state index is -0.608. The number of aromatic nitrogens is 1. The van der Waals surface area contributed by atoms with Crippen LogP contribution in [0.3, 0.4) is 0 Å². The molecule has 38 heavy (non-hydrogen) atoms. The first-order valence-electron chi connectivity index (χ1n) is 13.1. The highest BCUT2D eigenvalue weighted by Gasteiger charge is 2.30. The fourth-order valence-electron chi connectivity index (χ4n) is 5.15. The molecule has 0 bridgehead atoms. The third kappa shape index (κ3) is 5.68. The third-order valence-corrected chi connectivity index (χ3v) is 9.28. The van der Waals surface area contributed by atoms with E-state index in [-0.39, 0.29) is 12.0 Å². The second-order valence-corrected chi connectivity index (χ2v) is 13.0. The summed E-state index contributed by atoms with van der Waals surface area (Å²) in [5, 5.41) is 7.75. The number of urea groups is 1. The van der Waals surface area contributed by atoms with Crippen molar-refractivity contribution in [1.29, 1.82) is 0 Å². The van der Waals surface area contributed by atoms with Gasteiger partial charge in [-0.1, -0.05) is 5.92 Å². The second-order valence-electron chi connectivity index (χ2n) is 10.8. The lowest BCUT2D eigenvalue weighted by molar-refractivity contribution is 0.00699. The van der Waals surface area contributed by atoms with Crippen LogP contribution in [0.4, 0.5) is 9.80 Å². The summed E-state index contributed by atoms with van der Waals surface area (Å²) in [7, 11) is 0. The second kappa shape index (κ2) is 11.0. The van der Waals surface area contributed by atoms with Gasteiger partial charge in [0.05, 0.1) is 12.1 Å². The molecule has 0 fully saturated rings. The number of esters is 1. The molecule has 0 saturated heterocycles. The number of thiophene rings is 2. The van der Waals surface area contributed by atoms with Crippen LogP contribution in [0.25, 0.3) is 5.00 Å². The van der Waals surface area contributed by atoms with Crippen LogP contribution in [0.1, 0.15) is 70.4 Å². The molecule has 7 nitrogen and oxygen atoms in total. The summed E-state index contributed by atoms with van der Waals surface area (Å²) in [6.07, 6.45) is 14.4. The number of hydrogen-bond donors (Lipinski definition) is 2. The van der Waals surface area contributed by atoms with E-state index < -0.39 is 5.60 Å². The van der Waals surface area contributed by atoms with Crippen LogP contribution in [-0.4, -0.2) is 40.2 Å². The van der Waals surface area contributed by atoms with Gasteiger partial charge in [0, 0.05) is 47.3 Å². The minimum Gasteiger partial charge on any atom is -0.456 e. The molecular formula is C29H34N4O3S2. The lowest BCUT2D eigenvalue weighted by atomic mass is 9.95. The van der Waals surface area contributed by atoms with Crippen molar-refractivity contribution >= 4 is 39.7 Å². The van der Waals surface area contributed by atoms with E-state index in [0.717, 1.165) is 61.3 Å². The van der Waals surface area contributed by atoms with Crippen molar-refractivity contribution in [3.63, 3.8) is 0 Å². The molecule has 3 aromatic heterocycles. The molecule has 200 valence electrons. The number of aryl methyl sites for hydroxylation is 1. The Bertz CT molecular complexity index is 1370. The molecule has 2 aliphatic rings. The molecule has 0 saturated carbocycles. The summed E-state index contributed by atoms with van der Waals surface area (Å²) in [6.45, 7) is 8.34. The number of fused-ring (bicyclic) bond motifs is 2. The fourth-order valence-corrected chi connectivity index (χ4v) is 7.79. The zero-order valence-corrected chi connectivity index (χ0v) is 23.8. The van der Waals surface area contributed by atoms with Crippen LogP contribution in [-0.2, 0) is 37.1 Å². The Morgan fingerprint density at radius 1 is 1.08 bits per heavy atom. The number of carbonyl (C=O) groups is 2. The predicted octanol–water partition coefficient (Wildman–Crippen LogP) is 5.75. The van der Waals surface area contributed by atoms with E-state index in [4.69, 9.17) is 11.2 Å². The van der Waals surface area contributed by atoms with Gasteiger partial charge in [0.2, 0.25) is 0 Å². The van der Waals surface area contributed by atoms with Crippen LogP contribution in [0.15, 0.2) is 24.5 Å². The van der Waals surface area contributed by atoms with Gasteiger partial charge in [-0.05, 0) is 76.1 Å². The summed E-state index contributed by atoms with van der Waals surface area (Å²) in [5.74, 6) is 2.38. The SMILES string of the molecule is C#CCN1CCc2c(sc(-n3cccc3)c2CNC(=O)Nc2sc3c(c2C(=O)OC(C)(C)C)CCCC3)C1. The van der Waals surface area contributed by atoms with E-state index in [0.29, 0.717) is 23.7 Å².